The Kier molecular flexibility index (Phi) is 18.3. The third-order valence-electron chi connectivity index (χ3n) is 8.41. The quantitative estimate of drug-likeness (QED) is 0.0935. The van der Waals surface area contributed by atoms with E-state index in [9.17, 15) is 49.5 Å². The van der Waals surface area contributed by atoms with E-state index in [1.807, 2.05) is 13.8 Å². The Balaban J connectivity index is 0.000000366. The number of hydrogen-bond donors (Lipinski definition) is 3. The van der Waals surface area contributed by atoms with Crippen LogP contribution in [0, 0.1) is 40.3 Å². The molecule has 1 radical (unpaired) electrons. The van der Waals surface area contributed by atoms with E-state index in [-0.39, 0.29) is 66.0 Å². The van der Waals surface area contributed by atoms with Crippen molar-refractivity contribution in [2.45, 2.75) is 45.6 Å². The molecule has 11 nitrogen and oxygen atoms in total. The van der Waals surface area contributed by atoms with E-state index in [4.69, 9.17) is 22.7 Å². The first-order chi connectivity index (χ1) is 28.4. The maximum atomic E-state index is 14.5. The number of nitriles is 2. The molecule has 62 heavy (non-hydrogen) atoms. The number of anilines is 3. The molecule has 4 aromatic rings. The van der Waals surface area contributed by atoms with Crippen LogP contribution in [0.25, 0.3) is 0 Å². The molecule has 5 rings (SSSR count). The van der Waals surface area contributed by atoms with Crippen molar-refractivity contribution < 1.29 is 82.2 Å². The molecule has 3 N–H and O–H groups in total. The van der Waals surface area contributed by atoms with Crippen molar-refractivity contribution in [2.75, 3.05) is 29.2 Å². The number of nitrogens with one attached hydrogen (secondary N) is 3. The van der Waals surface area contributed by atoms with Gasteiger partial charge in [-0.3, -0.25) is 19.3 Å². The SMILES string of the molecule is CNC(=O)c1ccc(N2C(=S)N(c3ccc(C#N)c(C(F)(F)F)c3)C(=O)C2(C)C)cc1F.CNC(=O)c1ccc(N[C-](C)C)cc1F.N#Cc1ccc(N=S)cc1C(F)(F)F.[Y]. The summed E-state index contributed by atoms with van der Waals surface area (Å²) in [6.45, 7) is 6.73. The molecule has 0 saturated carbocycles. The number of rotatable bonds is 7. The molecule has 0 aliphatic carbocycles. The van der Waals surface area contributed by atoms with Gasteiger partial charge in [-0.2, -0.15) is 55.1 Å². The molecule has 0 spiro atoms. The molecule has 0 aromatic heterocycles. The average molecular weight is 979 g/mol. The van der Waals surface area contributed by atoms with E-state index >= 15 is 0 Å². The van der Waals surface area contributed by atoms with E-state index in [0.29, 0.717) is 11.8 Å². The number of hydrogen-bond acceptors (Lipinski definition) is 9. The summed E-state index contributed by atoms with van der Waals surface area (Å²) in [6.07, 6.45) is -9.37. The minimum Gasteiger partial charge on any atom is -0.533 e. The number of carbonyl (C=O) groups excluding carboxylic acids is 3. The van der Waals surface area contributed by atoms with Gasteiger partial charge in [0.05, 0.1) is 56.9 Å². The molecule has 22 heteroatoms. The number of benzene rings is 4. The van der Waals surface area contributed by atoms with E-state index in [2.05, 4.69) is 32.7 Å². The van der Waals surface area contributed by atoms with Crippen LogP contribution in [0.4, 0.5) is 57.9 Å². The van der Waals surface area contributed by atoms with Crippen molar-refractivity contribution in [2.24, 2.45) is 4.36 Å². The minimum absolute atomic E-state index is 0. The second-order valence-corrected chi connectivity index (χ2v) is 13.8. The molecule has 1 saturated heterocycles. The zero-order chi connectivity index (χ0) is 46.2. The summed E-state index contributed by atoms with van der Waals surface area (Å²) in [5, 5.41) is 24.9. The van der Waals surface area contributed by atoms with E-state index in [0.717, 1.165) is 35.2 Å². The predicted molar refractivity (Wildman–Crippen MR) is 216 cm³/mol. The third kappa shape index (κ3) is 12.3. The first kappa shape index (κ1) is 52.7. The van der Waals surface area contributed by atoms with Gasteiger partial charge in [-0.25, -0.2) is 14.8 Å². The fourth-order valence-electron chi connectivity index (χ4n) is 5.54. The summed E-state index contributed by atoms with van der Waals surface area (Å²) in [5.74, 6) is -3.09. The van der Waals surface area contributed by atoms with Gasteiger partial charge in [-0.15, -0.1) is 0 Å². The van der Waals surface area contributed by atoms with Gasteiger partial charge in [0.15, 0.2) is 5.11 Å². The Bertz CT molecular complexity index is 2450. The van der Waals surface area contributed by atoms with Crippen LogP contribution in [0.3, 0.4) is 0 Å². The Hall–Kier alpha value is -5.48. The standard InChI is InChI=1S/C21H16F4N4O2S.C11H14FN2O.C8H3F3N2S.Y/c1-20(2)18(31)28(12-5-4-11(10-26)15(8-12)21(23,24)25)19(32)29(20)13-6-7-14(16(22)9-13)17(30)27-3;1-7(2)14-8-4-5-9(10(12)6-8)11(15)13-3;9-8(10,11)7-3-6(13-14)2-1-5(7)4-12;/h4-9H,1-3H3,(H,27,30);4-6,14H,1-3H3,(H,13,15);1-3H;/q;-1;;. The normalized spacial score (nSPS) is 13.0. The van der Waals surface area contributed by atoms with Crippen molar-refractivity contribution in [3.05, 3.63) is 124 Å². The summed E-state index contributed by atoms with van der Waals surface area (Å²) in [5.41, 5.74) is -4.15. The molecule has 3 amide bonds. The van der Waals surface area contributed by atoms with Crippen molar-refractivity contribution in [1.29, 1.82) is 10.5 Å². The smallest absolute Gasteiger partial charge is 0.417 e. The van der Waals surface area contributed by atoms with Crippen LogP contribution in [-0.4, -0.2) is 42.5 Å². The fraction of sp³-hybridized carbons (Fsp3) is 0.225. The van der Waals surface area contributed by atoms with Crippen LogP contribution in [0.1, 0.15) is 70.7 Å². The van der Waals surface area contributed by atoms with Crippen LogP contribution >= 0.6 is 12.2 Å². The molecule has 323 valence electrons. The molecule has 0 unspecified atom stereocenters. The van der Waals surface area contributed by atoms with Crippen LogP contribution in [0.15, 0.2) is 77.2 Å². The van der Waals surface area contributed by atoms with Gasteiger partial charge in [0.2, 0.25) is 0 Å². The first-order valence-corrected chi connectivity index (χ1v) is 18.0. The van der Waals surface area contributed by atoms with E-state index in [1.54, 1.807) is 6.07 Å². The van der Waals surface area contributed by atoms with Crippen LogP contribution < -0.4 is 25.8 Å². The number of halogens is 8. The van der Waals surface area contributed by atoms with Gasteiger partial charge >= 0.3 is 12.4 Å². The fourth-order valence-corrected chi connectivity index (χ4v) is 6.18. The van der Waals surface area contributed by atoms with Crippen molar-refractivity contribution in [3.63, 3.8) is 0 Å². The Morgan fingerprint density at radius 2 is 1.23 bits per heavy atom. The van der Waals surface area contributed by atoms with E-state index in [1.165, 1.54) is 81.4 Å². The third-order valence-corrected chi connectivity index (χ3v) is 8.98. The van der Waals surface area contributed by atoms with Gasteiger partial charge in [0.1, 0.15) is 17.2 Å². The number of amides is 3. The Morgan fingerprint density at radius 3 is 1.66 bits per heavy atom. The summed E-state index contributed by atoms with van der Waals surface area (Å²) in [7, 11) is 2.82. The first-order valence-electron chi connectivity index (χ1n) is 17.2. The number of nitrogens with zero attached hydrogens (tertiary/aromatic N) is 5. The summed E-state index contributed by atoms with van der Waals surface area (Å²) < 4.78 is 108. The maximum absolute atomic E-state index is 14.5. The molecular weight excluding hydrogens is 946 g/mol. The molecule has 1 heterocycles. The summed E-state index contributed by atoms with van der Waals surface area (Å²) >= 11 is 9.64. The number of alkyl halides is 6. The molecule has 1 fully saturated rings. The molecule has 0 atom stereocenters. The monoisotopic (exact) mass is 978 g/mol. The van der Waals surface area contributed by atoms with Gasteiger partial charge in [0, 0.05) is 70.6 Å². The van der Waals surface area contributed by atoms with Crippen LogP contribution in [0.2, 0.25) is 0 Å². The topological polar surface area (TPSA) is 154 Å². The Labute approximate surface area is 386 Å². The van der Waals surface area contributed by atoms with Crippen molar-refractivity contribution in [1.82, 2.24) is 10.6 Å². The van der Waals surface area contributed by atoms with Gasteiger partial charge in [-0.1, -0.05) is 0 Å². The maximum Gasteiger partial charge on any atom is 0.417 e. The molecule has 1 aliphatic heterocycles. The molecular formula is C40H33F8N8O3S2Y-. The summed E-state index contributed by atoms with van der Waals surface area (Å²) in [6, 6.07) is 17.9. The minimum atomic E-state index is -4.82. The second kappa shape index (κ2) is 21.5. The van der Waals surface area contributed by atoms with E-state index < -0.39 is 69.5 Å². The van der Waals surface area contributed by atoms with Gasteiger partial charge < -0.3 is 20.9 Å². The van der Waals surface area contributed by atoms with Crippen LogP contribution in [-0.2, 0) is 62.3 Å². The van der Waals surface area contributed by atoms with Gasteiger partial charge in [0.25, 0.3) is 17.7 Å². The molecule has 4 aromatic carbocycles. The molecule has 1 aliphatic rings. The Morgan fingerprint density at radius 1 is 0.758 bits per heavy atom. The number of thiocarbonyl (C=S) groups is 1. The average Bonchev–Trinajstić information content (AvgIpc) is 3.37. The van der Waals surface area contributed by atoms with Crippen molar-refractivity contribution >= 4 is 70.2 Å². The zero-order valence-electron chi connectivity index (χ0n) is 33.3. The number of carbonyl (C=O) groups is 3. The molecule has 0 bridgehead atoms. The largest absolute Gasteiger partial charge is 0.533 e. The van der Waals surface area contributed by atoms with Crippen LogP contribution in [0.5, 0.6) is 0 Å². The van der Waals surface area contributed by atoms with Gasteiger partial charge in [-0.05, 0) is 98.9 Å². The van der Waals surface area contributed by atoms with Crippen molar-refractivity contribution in [3.8, 4) is 12.1 Å². The zero-order valence-corrected chi connectivity index (χ0v) is 37.8. The summed E-state index contributed by atoms with van der Waals surface area (Å²) in [4.78, 5) is 38.3. The predicted octanol–water partition coefficient (Wildman–Crippen LogP) is 9.10. The second-order valence-electron chi connectivity index (χ2n) is 13.2.